The molecule has 0 aliphatic rings. The minimum absolute atomic E-state index is 0.350. The fraction of sp³-hybridized carbons (Fsp3) is 0.304. The summed E-state index contributed by atoms with van der Waals surface area (Å²) in [6, 6.07) is 16.9. The van der Waals surface area contributed by atoms with Gasteiger partial charge in [0.2, 0.25) is 6.23 Å². The fourth-order valence-corrected chi connectivity index (χ4v) is 2.89. The van der Waals surface area contributed by atoms with Gasteiger partial charge in [-0.15, -0.1) is 0 Å². The SMILES string of the molecule is CC(=O)OC(C(Oc1ccc(Oc2ccccc2)cc1)n1ccnc1)C(C)(C)C. The predicted octanol–water partition coefficient (Wildman–Crippen LogP) is 5.23. The maximum absolute atomic E-state index is 11.7. The zero-order valence-corrected chi connectivity index (χ0v) is 17.1. The number of carbonyl (C=O) groups excluding carboxylic acids is 1. The first kappa shape index (κ1) is 20.5. The van der Waals surface area contributed by atoms with Crippen molar-refractivity contribution in [3.05, 3.63) is 73.3 Å². The van der Waals surface area contributed by atoms with Gasteiger partial charge < -0.3 is 14.2 Å². The second-order valence-electron chi connectivity index (χ2n) is 7.80. The number of para-hydroxylation sites is 1. The summed E-state index contributed by atoms with van der Waals surface area (Å²) in [4.78, 5) is 15.8. The second kappa shape index (κ2) is 8.82. The minimum Gasteiger partial charge on any atom is -0.466 e. The van der Waals surface area contributed by atoms with Gasteiger partial charge in [0, 0.05) is 24.7 Å². The molecule has 0 bridgehead atoms. The van der Waals surface area contributed by atoms with Gasteiger partial charge in [0.15, 0.2) is 6.10 Å². The Morgan fingerprint density at radius 2 is 1.59 bits per heavy atom. The van der Waals surface area contributed by atoms with Gasteiger partial charge in [-0.2, -0.15) is 0 Å². The number of esters is 1. The molecule has 2 atom stereocenters. The Balaban J connectivity index is 1.81. The van der Waals surface area contributed by atoms with E-state index >= 15 is 0 Å². The molecule has 0 radical (unpaired) electrons. The standard InChI is InChI=1S/C23H26N2O4/c1-17(26)27-21(23(2,3)4)22(25-15-14-24-16-25)29-20-12-10-19(11-13-20)28-18-8-6-5-7-9-18/h5-16,21-22H,1-4H3. The van der Waals surface area contributed by atoms with Crippen LogP contribution in [0.2, 0.25) is 0 Å². The molecular formula is C23H26N2O4. The molecule has 29 heavy (non-hydrogen) atoms. The van der Waals surface area contributed by atoms with Crippen molar-refractivity contribution in [2.75, 3.05) is 0 Å². The molecule has 152 valence electrons. The third-order valence-corrected chi connectivity index (χ3v) is 4.28. The number of hydrogen-bond donors (Lipinski definition) is 0. The van der Waals surface area contributed by atoms with Gasteiger partial charge in [-0.25, -0.2) is 4.98 Å². The monoisotopic (exact) mass is 394 g/mol. The molecule has 6 heteroatoms. The lowest BCUT2D eigenvalue weighted by Crippen LogP contribution is -2.41. The number of ether oxygens (including phenoxy) is 3. The van der Waals surface area contributed by atoms with Gasteiger partial charge in [-0.3, -0.25) is 9.36 Å². The van der Waals surface area contributed by atoms with Gasteiger partial charge >= 0.3 is 5.97 Å². The van der Waals surface area contributed by atoms with Crippen LogP contribution in [0.3, 0.4) is 0 Å². The molecule has 2 unspecified atom stereocenters. The van der Waals surface area contributed by atoms with Crippen molar-refractivity contribution in [3.63, 3.8) is 0 Å². The predicted molar refractivity (Wildman–Crippen MR) is 110 cm³/mol. The third-order valence-electron chi connectivity index (χ3n) is 4.28. The van der Waals surface area contributed by atoms with Crippen molar-refractivity contribution in [2.45, 2.75) is 40.0 Å². The van der Waals surface area contributed by atoms with Crippen molar-refractivity contribution in [2.24, 2.45) is 5.41 Å². The molecule has 0 fully saturated rings. The Hall–Kier alpha value is -3.28. The first-order valence-electron chi connectivity index (χ1n) is 9.47. The van der Waals surface area contributed by atoms with Crippen LogP contribution in [0.4, 0.5) is 0 Å². The fourth-order valence-electron chi connectivity index (χ4n) is 2.89. The Morgan fingerprint density at radius 3 is 2.14 bits per heavy atom. The van der Waals surface area contributed by atoms with Crippen molar-refractivity contribution >= 4 is 5.97 Å². The molecule has 1 aromatic heterocycles. The molecule has 6 nitrogen and oxygen atoms in total. The first-order chi connectivity index (χ1) is 13.8. The smallest absolute Gasteiger partial charge is 0.303 e. The van der Waals surface area contributed by atoms with Crippen LogP contribution in [0.1, 0.15) is 33.9 Å². The normalized spacial score (nSPS) is 13.4. The van der Waals surface area contributed by atoms with Crippen LogP contribution in [0.25, 0.3) is 0 Å². The molecule has 3 rings (SSSR count). The number of rotatable bonds is 7. The number of aromatic nitrogens is 2. The summed E-state index contributed by atoms with van der Waals surface area (Å²) in [7, 11) is 0. The van der Waals surface area contributed by atoms with E-state index in [-0.39, 0.29) is 11.4 Å². The Kier molecular flexibility index (Phi) is 6.22. The van der Waals surface area contributed by atoms with Crippen LogP contribution in [0.15, 0.2) is 73.3 Å². The lowest BCUT2D eigenvalue weighted by Gasteiger charge is -2.36. The second-order valence-corrected chi connectivity index (χ2v) is 7.80. The minimum atomic E-state index is -0.567. The average Bonchev–Trinajstić information content (AvgIpc) is 3.20. The van der Waals surface area contributed by atoms with E-state index in [1.54, 1.807) is 23.3 Å². The van der Waals surface area contributed by atoms with Gasteiger partial charge in [-0.05, 0) is 36.4 Å². The Morgan fingerprint density at radius 1 is 0.966 bits per heavy atom. The number of hydrogen-bond acceptors (Lipinski definition) is 5. The molecule has 0 saturated heterocycles. The number of benzene rings is 2. The Labute approximate surface area is 171 Å². The van der Waals surface area contributed by atoms with E-state index in [1.807, 2.05) is 75.4 Å². The maximum atomic E-state index is 11.7. The van der Waals surface area contributed by atoms with Crippen LogP contribution in [-0.4, -0.2) is 21.6 Å². The lowest BCUT2D eigenvalue weighted by atomic mass is 9.87. The largest absolute Gasteiger partial charge is 0.466 e. The molecule has 0 aliphatic heterocycles. The average molecular weight is 394 g/mol. The third kappa shape index (κ3) is 5.60. The summed E-state index contributed by atoms with van der Waals surface area (Å²) in [5.74, 6) is 1.74. The molecule has 0 spiro atoms. The summed E-state index contributed by atoms with van der Waals surface area (Å²) < 4.78 is 19.5. The lowest BCUT2D eigenvalue weighted by molar-refractivity contribution is -0.165. The van der Waals surface area contributed by atoms with Gasteiger partial charge in [0.25, 0.3) is 0 Å². The summed E-state index contributed by atoms with van der Waals surface area (Å²) in [6.45, 7) is 7.42. The molecule has 3 aromatic rings. The summed E-state index contributed by atoms with van der Waals surface area (Å²) in [5.41, 5.74) is -0.350. The highest BCUT2D eigenvalue weighted by molar-refractivity contribution is 5.66. The van der Waals surface area contributed by atoms with Crippen molar-refractivity contribution < 1.29 is 19.0 Å². The van der Waals surface area contributed by atoms with Gasteiger partial charge in [-0.1, -0.05) is 39.0 Å². The van der Waals surface area contributed by atoms with Gasteiger partial charge in [0.1, 0.15) is 17.2 Å². The van der Waals surface area contributed by atoms with Crippen LogP contribution >= 0.6 is 0 Å². The number of carbonyl (C=O) groups is 1. The first-order valence-corrected chi connectivity index (χ1v) is 9.47. The van der Waals surface area contributed by atoms with Crippen LogP contribution in [0, 0.1) is 5.41 Å². The summed E-state index contributed by atoms with van der Waals surface area (Å²) in [5, 5.41) is 0. The summed E-state index contributed by atoms with van der Waals surface area (Å²) >= 11 is 0. The van der Waals surface area contributed by atoms with E-state index in [4.69, 9.17) is 14.2 Å². The van der Waals surface area contributed by atoms with Crippen molar-refractivity contribution in [1.29, 1.82) is 0 Å². The highest BCUT2D eigenvalue weighted by atomic mass is 16.6. The van der Waals surface area contributed by atoms with E-state index in [1.165, 1.54) is 6.92 Å². The highest BCUT2D eigenvalue weighted by Gasteiger charge is 2.38. The Bertz CT molecular complexity index is 900. The van der Waals surface area contributed by atoms with Crippen LogP contribution in [0.5, 0.6) is 17.2 Å². The quantitative estimate of drug-likeness (QED) is 0.514. The molecule has 0 N–H and O–H groups in total. The molecular weight excluding hydrogens is 368 g/mol. The van der Waals surface area contributed by atoms with E-state index in [0.29, 0.717) is 11.5 Å². The molecule has 1 heterocycles. The van der Waals surface area contributed by atoms with E-state index in [9.17, 15) is 4.79 Å². The van der Waals surface area contributed by atoms with E-state index < -0.39 is 12.3 Å². The molecule has 0 saturated carbocycles. The topological polar surface area (TPSA) is 62.6 Å². The molecule has 0 amide bonds. The van der Waals surface area contributed by atoms with E-state index in [0.717, 1.165) is 5.75 Å². The van der Waals surface area contributed by atoms with Crippen LogP contribution < -0.4 is 9.47 Å². The van der Waals surface area contributed by atoms with E-state index in [2.05, 4.69) is 4.98 Å². The summed E-state index contributed by atoms with van der Waals surface area (Å²) in [6.07, 6.45) is 4.02. The van der Waals surface area contributed by atoms with Crippen LogP contribution in [-0.2, 0) is 9.53 Å². The zero-order chi connectivity index (χ0) is 20.9. The van der Waals surface area contributed by atoms with Gasteiger partial charge in [0.05, 0.1) is 6.33 Å². The number of nitrogens with zero attached hydrogens (tertiary/aromatic N) is 2. The zero-order valence-electron chi connectivity index (χ0n) is 17.1. The maximum Gasteiger partial charge on any atom is 0.303 e. The molecule has 2 aromatic carbocycles. The molecule has 0 aliphatic carbocycles. The highest BCUT2D eigenvalue weighted by Crippen LogP contribution is 2.34. The van der Waals surface area contributed by atoms with Crippen molar-refractivity contribution in [3.8, 4) is 17.2 Å². The van der Waals surface area contributed by atoms with Crippen molar-refractivity contribution in [1.82, 2.24) is 9.55 Å². The number of imidazole rings is 1.